The molecule has 0 heterocycles. The number of hydrogen-bond donors (Lipinski definition) is 4. The standard InChI is InChI=1S/C7H17N5O/c1-11-4-6(13)5(8)2-3-12-7(9)10/h5,11H,2-4,8H2,1H3,(H4,9,10,12). The van der Waals surface area contributed by atoms with Gasteiger partial charge in [-0.3, -0.25) is 9.79 Å². The monoisotopic (exact) mass is 187 g/mol. The fourth-order valence-corrected chi connectivity index (χ4v) is 0.799. The van der Waals surface area contributed by atoms with Crippen LogP contribution in [-0.4, -0.2) is 37.9 Å². The van der Waals surface area contributed by atoms with Crippen LogP contribution in [0.1, 0.15) is 6.42 Å². The minimum absolute atomic E-state index is 0.0215. The van der Waals surface area contributed by atoms with Crippen molar-refractivity contribution in [3.63, 3.8) is 0 Å². The van der Waals surface area contributed by atoms with Gasteiger partial charge in [0.25, 0.3) is 0 Å². The number of carbonyl (C=O) groups is 1. The second-order valence-electron chi connectivity index (χ2n) is 2.70. The van der Waals surface area contributed by atoms with Gasteiger partial charge in [0, 0.05) is 6.54 Å². The summed E-state index contributed by atoms with van der Waals surface area (Å²) in [5.41, 5.74) is 15.8. The minimum Gasteiger partial charge on any atom is -0.370 e. The second-order valence-corrected chi connectivity index (χ2v) is 2.70. The smallest absolute Gasteiger partial charge is 0.185 e. The molecule has 0 aromatic rings. The van der Waals surface area contributed by atoms with Gasteiger partial charge in [-0.15, -0.1) is 0 Å². The quantitative estimate of drug-likeness (QED) is 0.277. The Morgan fingerprint density at radius 1 is 1.54 bits per heavy atom. The Labute approximate surface area is 77.6 Å². The third-order valence-electron chi connectivity index (χ3n) is 1.50. The van der Waals surface area contributed by atoms with E-state index < -0.39 is 6.04 Å². The van der Waals surface area contributed by atoms with Crippen molar-refractivity contribution in [2.24, 2.45) is 22.2 Å². The Morgan fingerprint density at radius 2 is 2.15 bits per heavy atom. The molecule has 0 aromatic carbocycles. The Hall–Kier alpha value is -1.14. The molecular formula is C7H17N5O. The number of rotatable bonds is 6. The first kappa shape index (κ1) is 11.9. The summed E-state index contributed by atoms with van der Waals surface area (Å²) in [4.78, 5) is 14.8. The summed E-state index contributed by atoms with van der Waals surface area (Å²) in [5, 5.41) is 2.73. The van der Waals surface area contributed by atoms with Crippen LogP contribution in [0.4, 0.5) is 0 Å². The first-order valence-electron chi connectivity index (χ1n) is 4.06. The summed E-state index contributed by atoms with van der Waals surface area (Å²) in [6, 6.07) is -0.490. The van der Waals surface area contributed by atoms with Crippen molar-refractivity contribution < 1.29 is 4.79 Å². The molecule has 0 aromatic heterocycles. The summed E-state index contributed by atoms with van der Waals surface area (Å²) in [6.07, 6.45) is 0.471. The van der Waals surface area contributed by atoms with Gasteiger partial charge in [-0.2, -0.15) is 0 Å². The molecule has 6 heteroatoms. The van der Waals surface area contributed by atoms with E-state index in [0.717, 1.165) is 0 Å². The van der Waals surface area contributed by atoms with E-state index in [-0.39, 0.29) is 18.3 Å². The van der Waals surface area contributed by atoms with Crippen molar-refractivity contribution in [1.82, 2.24) is 5.32 Å². The Balaban J connectivity index is 3.67. The molecule has 0 fully saturated rings. The molecule has 0 spiro atoms. The van der Waals surface area contributed by atoms with Gasteiger partial charge in [-0.05, 0) is 13.5 Å². The predicted octanol–water partition coefficient (Wildman–Crippen LogP) is -2.23. The number of carbonyl (C=O) groups excluding carboxylic acids is 1. The van der Waals surface area contributed by atoms with Crippen LogP contribution in [0.2, 0.25) is 0 Å². The van der Waals surface area contributed by atoms with E-state index in [1.54, 1.807) is 7.05 Å². The fourth-order valence-electron chi connectivity index (χ4n) is 0.799. The Kier molecular flexibility index (Phi) is 5.82. The van der Waals surface area contributed by atoms with E-state index in [1.807, 2.05) is 0 Å². The molecule has 0 amide bonds. The molecule has 0 saturated carbocycles. The molecule has 76 valence electrons. The molecule has 1 atom stereocenters. The number of aliphatic imine (C=N–C) groups is 1. The number of guanidine groups is 1. The highest BCUT2D eigenvalue weighted by Crippen LogP contribution is 1.90. The number of hydrogen-bond acceptors (Lipinski definition) is 4. The van der Waals surface area contributed by atoms with E-state index in [9.17, 15) is 4.79 Å². The molecule has 0 aliphatic heterocycles. The molecule has 0 bridgehead atoms. The van der Waals surface area contributed by atoms with Gasteiger partial charge in [0.1, 0.15) is 0 Å². The lowest BCUT2D eigenvalue weighted by atomic mass is 10.1. The van der Waals surface area contributed by atoms with Crippen molar-refractivity contribution in [2.75, 3.05) is 20.1 Å². The van der Waals surface area contributed by atoms with Crippen molar-refractivity contribution in [1.29, 1.82) is 0 Å². The van der Waals surface area contributed by atoms with Gasteiger partial charge < -0.3 is 22.5 Å². The van der Waals surface area contributed by atoms with Crippen LogP contribution < -0.4 is 22.5 Å². The van der Waals surface area contributed by atoms with Gasteiger partial charge >= 0.3 is 0 Å². The number of nitrogens with two attached hydrogens (primary N) is 3. The zero-order chi connectivity index (χ0) is 10.3. The largest absolute Gasteiger partial charge is 0.370 e. The highest BCUT2D eigenvalue weighted by atomic mass is 16.1. The molecule has 1 unspecified atom stereocenters. The van der Waals surface area contributed by atoms with Crippen LogP contribution in [-0.2, 0) is 4.79 Å². The van der Waals surface area contributed by atoms with Gasteiger partial charge in [-0.1, -0.05) is 0 Å². The lowest BCUT2D eigenvalue weighted by Crippen LogP contribution is -2.37. The number of ketones is 1. The maximum Gasteiger partial charge on any atom is 0.185 e. The predicted molar refractivity (Wildman–Crippen MR) is 52.2 cm³/mol. The fraction of sp³-hybridized carbons (Fsp3) is 0.714. The van der Waals surface area contributed by atoms with Crippen LogP contribution >= 0.6 is 0 Å². The van der Waals surface area contributed by atoms with E-state index in [1.165, 1.54) is 0 Å². The molecule has 0 saturated heterocycles. The lowest BCUT2D eigenvalue weighted by molar-refractivity contribution is -0.119. The van der Waals surface area contributed by atoms with Crippen LogP contribution in [0.3, 0.4) is 0 Å². The van der Waals surface area contributed by atoms with E-state index in [0.29, 0.717) is 13.0 Å². The first-order valence-corrected chi connectivity index (χ1v) is 4.06. The third kappa shape index (κ3) is 6.06. The number of nitrogens with one attached hydrogen (secondary N) is 1. The first-order chi connectivity index (χ1) is 6.07. The van der Waals surface area contributed by atoms with Crippen molar-refractivity contribution in [2.45, 2.75) is 12.5 Å². The molecular weight excluding hydrogens is 170 g/mol. The molecule has 0 rings (SSSR count). The van der Waals surface area contributed by atoms with Crippen LogP contribution in [0.5, 0.6) is 0 Å². The van der Waals surface area contributed by atoms with Gasteiger partial charge in [0.05, 0.1) is 12.6 Å². The van der Waals surface area contributed by atoms with Gasteiger partial charge in [0.2, 0.25) is 0 Å². The summed E-state index contributed by atoms with van der Waals surface area (Å²) in [7, 11) is 1.70. The van der Waals surface area contributed by atoms with Crippen molar-refractivity contribution >= 4 is 11.7 Å². The molecule has 13 heavy (non-hydrogen) atoms. The third-order valence-corrected chi connectivity index (χ3v) is 1.50. The minimum atomic E-state index is -0.490. The van der Waals surface area contributed by atoms with E-state index in [4.69, 9.17) is 17.2 Å². The summed E-state index contributed by atoms with van der Waals surface area (Å²) >= 11 is 0. The SMILES string of the molecule is CNCC(=O)C(N)CCN=C(N)N. The van der Waals surface area contributed by atoms with Crippen molar-refractivity contribution in [3.05, 3.63) is 0 Å². The number of nitrogens with zero attached hydrogens (tertiary/aromatic N) is 1. The average Bonchev–Trinajstić information content (AvgIpc) is 2.04. The Bertz CT molecular complexity index is 187. The molecule has 0 aliphatic rings. The average molecular weight is 187 g/mol. The Morgan fingerprint density at radius 3 is 2.62 bits per heavy atom. The lowest BCUT2D eigenvalue weighted by Gasteiger charge is -2.07. The second kappa shape index (κ2) is 6.38. The highest BCUT2D eigenvalue weighted by molar-refractivity contribution is 5.85. The molecule has 0 radical (unpaired) electrons. The van der Waals surface area contributed by atoms with Crippen LogP contribution in [0.15, 0.2) is 4.99 Å². The topological polar surface area (TPSA) is 120 Å². The molecule has 6 nitrogen and oxygen atoms in total. The summed E-state index contributed by atoms with van der Waals surface area (Å²) < 4.78 is 0. The number of likely N-dealkylation sites (N-methyl/N-ethyl adjacent to an activating group) is 1. The van der Waals surface area contributed by atoms with E-state index >= 15 is 0 Å². The number of Topliss-reactive ketones (excluding diaryl/α,β-unsaturated/α-hetero) is 1. The normalized spacial score (nSPS) is 12.2. The van der Waals surface area contributed by atoms with Crippen LogP contribution in [0, 0.1) is 0 Å². The molecule has 7 N–H and O–H groups in total. The van der Waals surface area contributed by atoms with Gasteiger partial charge in [0.15, 0.2) is 11.7 Å². The summed E-state index contributed by atoms with van der Waals surface area (Å²) in [5.74, 6) is -0.0124. The van der Waals surface area contributed by atoms with Crippen molar-refractivity contribution in [3.8, 4) is 0 Å². The highest BCUT2D eigenvalue weighted by Gasteiger charge is 2.10. The van der Waals surface area contributed by atoms with Gasteiger partial charge in [-0.25, -0.2) is 0 Å². The van der Waals surface area contributed by atoms with E-state index in [2.05, 4.69) is 10.3 Å². The summed E-state index contributed by atoms with van der Waals surface area (Å²) in [6.45, 7) is 0.669. The zero-order valence-corrected chi connectivity index (χ0v) is 7.79. The zero-order valence-electron chi connectivity index (χ0n) is 7.79. The van der Waals surface area contributed by atoms with Crippen LogP contribution in [0.25, 0.3) is 0 Å². The maximum atomic E-state index is 11.1. The molecule has 0 aliphatic carbocycles. The maximum absolute atomic E-state index is 11.1.